The summed E-state index contributed by atoms with van der Waals surface area (Å²) in [5, 5.41) is 8.36. The van der Waals surface area contributed by atoms with Crippen molar-refractivity contribution in [2.24, 2.45) is 5.41 Å². The molecule has 0 aromatic rings. The van der Waals surface area contributed by atoms with Gasteiger partial charge in [0.05, 0.1) is 17.9 Å². The molecule has 0 fully saturated rings. The summed E-state index contributed by atoms with van der Waals surface area (Å²) in [5.74, 6) is 0. The average molecular weight is 201 g/mol. The number of nitriles is 1. The molecular formula is C10H10F3N. The highest BCUT2D eigenvalue weighted by Crippen LogP contribution is 2.44. The number of allylic oxidation sites excluding steroid dienone is 4. The van der Waals surface area contributed by atoms with Gasteiger partial charge in [-0.05, 0) is 18.9 Å². The lowest BCUT2D eigenvalue weighted by atomic mass is 9.81. The van der Waals surface area contributed by atoms with Crippen LogP contribution in [0.2, 0.25) is 0 Å². The first-order valence-electron chi connectivity index (χ1n) is 4.21. The van der Waals surface area contributed by atoms with E-state index in [-0.39, 0.29) is 12.8 Å². The zero-order valence-corrected chi connectivity index (χ0v) is 7.73. The zero-order chi connectivity index (χ0) is 10.8. The van der Waals surface area contributed by atoms with Crippen molar-refractivity contribution in [3.63, 3.8) is 0 Å². The van der Waals surface area contributed by atoms with Crippen LogP contribution in [0.3, 0.4) is 0 Å². The van der Waals surface area contributed by atoms with Crippen molar-refractivity contribution in [1.82, 2.24) is 0 Å². The number of halogens is 3. The van der Waals surface area contributed by atoms with Gasteiger partial charge >= 0.3 is 6.18 Å². The van der Waals surface area contributed by atoms with Crippen LogP contribution >= 0.6 is 0 Å². The quantitative estimate of drug-likeness (QED) is 0.638. The molecule has 1 aliphatic carbocycles. The van der Waals surface area contributed by atoms with Crippen molar-refractivity contribution >= 4 is 0 Å². The van der Waals surface area contributed by atoms with Gasteiger partial charge in [0.1, 0.15) is 0 Å². The van der Waals surface area contributed by atoms with Crippen molar-refractivity contribution < 1.29 is 13.2 Å². The predicted octanol–water partition coefficient (Wildman–Crippen LogP) is 3.35. The van der Waals surface area contributed by atoms with Crippen LogP contribution in [0.15, 0.2) is 23.8 Å². The van der Waals surface area contributed by atoms with Gasteiger partial charge in [-0.25, -0.2) is 0 Å². The molecule has 0 saturated heterocycles. The summed E-state index contributed by atoms with van der Waals surface area (Å²) in [6.07, 6.45) is -0.122. The van der Waals surface area contributed by atoms with Crippen LogP contribution in [-0.4, -0.2) is 6.18 Å². The van der Waals surface area contributed by atoms with Crippen LogP contribution in [0.4, 0.5) is 13.2 Å². The topological polar surface area (TPSA) is 23.8 Å². The molecule has 0 radical (unpaired) electrons. The monoisotopic (exact) mass is 201 g/mol. The van der Waals surface area contributed by atoms with E-state index in [9.17, 15) is 13.2 Å². The lowest BCUT2D eigenvalue weighted by molar-refractivity contribution is -0.199. The Morgan fingerprint density at radius 1 is 1.57 bits per heavy atom. The van der Waals surface area contributed by atoms with Gasteiger partial charge in [-0.3, -0.25) is 0 Å². The standard InChI is InChI=1S/C10H10F3N/c1-9(10(11,12)13)5-2-8(3-6-9)4-7-14/h2-3,5H,4,6H2,1H3. The van der Waals surface area contributed by atoms with Gasteiger partial charge in [-0.15, -0.1) is 0 Å². The maximum absolute atomic E-state index is 12.5. The molecule has 0 N–H and O–H groups in total. The fourth-order valence-electron chi connectivity index (χ4n) is 1.20. The molecule has 0 bridgehead atoms. The van der Waals surface area contributed by atoms with Gasteiger partial charge in [-0.1, -0.05) is 18.2 Å². The number of hydrogen-bond donors (Lipinski definition) is 0. The normalized spacial score (nSPS) is 26.9. The Hall–Kier alpha value is -1.24. The van der Waals surface area contributed by atoms with E-state index in [0.717, 1.165) is 13.0 Å². The van der Waals surface area contributed by atoms with Crippen LogP contribution in [0.1, 0.15) is 19.8 Å². The summed E-state index contributed by atoms with van der Waals surface area (Å²) in [4.78, 5) is 0. The van der Waals surface area contributed by atoms with Crippen LogP contribution < -0.4 is 0 Å². The molecule has 0 aromatic heterocycles. The highest BCUT2D eigenvalue weighted by atomic mass is 19.4. The van der Waals surface area contributed by atoms with Gasteiger partial charge in [0, 0.05) is 0 Å². The summed E-state index contributed by atoms with van der Waals surface area (Å²) in [6, 6.07) is 1.90. The molecule has 0 saturated carbocycles. The maximum atomic E-state index is 12.5. The first kappa shape index (κ1) is 10.8. The molecule has 1 aliphatic rings. The van der Waals surface area contributed by atoms with Crippen LogP contribution in [-0.2, 0) is 0 Å². The van der Waals surface area contributed by atoms with E-state index < -0.39 is 11.6 Å². The second-order valence-electron chi connectivity index (χ2n) is 3.57. The third-order valence-electron chi connectivity index (χ3n) is 2.38. The Morgan fingerprint density at radius 2 is 2.21 bits per heavy atom. The van der Waals surface area contributed by atoms with Crippen molar-refractivity contribution in [2.75, 3.05) is 0 Å². The lowest BCUT2D eigenvalue weighted by Gasteiger charge is -2.30. The molecule has 4 heteroatoms. The fraction of sp³-hybridized carbons (Fsp3) is 0.500. The summed E-state index contributed by atoms with van der Waals surface area (Å²) in [6.45, 7) is 1.16. The molecule has 76 valence electrons. The van der Waals surface area contributed by atoms with Crippen molar-refractivity contribution in [2.45, 2.75) is 25.9 Å². The summed E-state index contributed by atoms with van der Waals surface area (Å²) < 4.78 is 37.5. The Labute approximate surface area is 80.5 Å². The Balaban J connectivity index is 2.79. The number of alkyl halides is 3. The highest BCUT2D eigenvalue weighted by Gasteiger charge is 2.48. The third kappa shape index (κ3) is 1.98. The first-order chi connectivity index (χ1) is 6.39. The zero-order valence-electron chi connectivity index (χ0n) is 7.73. The fourth-order valence-corrected chi connectivity index (χ4v) is 1.20. The second-order valence-corrected chi connectivity index (χ2v) is 3.57. The molecule has 1 nitrogen and oxygen atoms in total. The van der Waals surface area contributed by atoms with Crippen molar-refractivity contribution in [3.8, 4) is 6.07 Å². The Bertz CT molecular complexity index is 319. The molecule has 1 unspecified atom stereocenters. The van der Waals surface area contributed by atoms with Crippen molar-refractivity contribution in [3.05, 3.63) is 23.8 Å². The number of rotatable bonds is 1. The number of hydrogen-bond acceptors (Lipinski definition) is 1. The molecule has 0 aromatic carbocycles. The van der Waals surface area contributed by atoms with Gasteiger partial charge < -0.3 is 0 Å². The third-order valence-corrected chi connectivity index (χ3v) is 2.38. The van der Waals surface area contributed by atoms with Crippen molar-refractivity contribution in [1.29, 1.82) is 5.26 Å². The summed E-state index contributed by atoms with van der Waals surface area (Å²) >= 11 is 0. The molecule has 0 amide bonds. The van der Waals surface area contributed by atoms with E-state index in [1.54, 1.807) is 0 Å². The maximum Gasteiger partial charge on any atom is 0.397 e. The van der Waals surface area contributed by atoms with E-state index in [1.807, 2.05) is 6.07 Å². The molecule has 14 heavy (non-hydrogen) atoms. The SMILES string of the molecule is CC1(C(F)(F)F)C=CC(CC#N)=CC1. The molecule has 0 heterocycles. The van der Waals surface area contributed by atoms with E-state index in [4.69, 9.17) is 5.26 Å². The van der Waals surface area contributed by atoms with Crippen LogP contribution in [0, 0.1) is 16.7 Å². The largest absolute Gasteiger partial charge is 0.397 e. The summed E-state index contributed by atoms with van der Waals surface area (Å²) in [7, 11) is 0. The Kier molecular flexibility index (Phi) is 2.70. The highest BCUT2D eigenvalue weighted by molar-refractivity contribution is 5.29. The molecule has 0 aliphatic heterocycles. The average Bonchev–Trinajstić information content (AvgIpc) is 2.08. The minimum atomic E-state index is -4.22. The number of nitrogens with zero attached hydrogens (tertiary/aromatic N) is 1. The molecular weight excluding hydrogens is 191 g/mol. The van der Waals surface area contributed by atoms with Gasteiger partial charge in [0.15, 0.2) is 0 Å². The smallest absolute Gasteiger partial charge is 0.198 e. The second kappa shape index (κ2) is 3.49. The Morgan fingerprint density at radius 3 is 2.57 bits per heavy atom. The van der Waals surface area contributed by atoms with Gasteiger partial charge in [0.25, 0.3) is 0 Å². The lowest BCUT2D eigenvalue weighted by Crippen LogP contribution is -2.33. The minimum Gasteiger partial charge on any atom is -0.198 e. The summed E-state index contributed by atoms with van der Waals surface area (Å²) in [5.41, 5.74) is -1.11. The van der Waals surface area contributed by atoms with E-state index in [2.05, 4.69) is 0 Å². The first-order valence-corrected chi connectivity index (χ1v) is 4.21. The molecule has 1 atom stereocenters. The van der Waals surface area contributed by atoms with Gasteiger partial charge in [0.2, 0.25) is 0 Å². The predicted molar refractivity (Wildman–Crippen MR) is 46.2 cm³/mol. The minimum absolute atomic E-state index is 0.0794. The van der Waals surface area contributed by atoms with E-state index >= 15 is 0 Å². The molecule has 1 rings (SSSR count). The van der Waals surface area contributed by atoms with Crippen LogP contribution in [0.25, 0.3) is 0 Å². The molecule has 0 spiro atoms. The van der Waals surface area contributed by atoms with Gasteiger partial charge in [-0.2, -0.15) is 18.4 Å². The van der Waals surface area contributed by atoms with E-state index in [0.29, 0.717) is 5.57 Å². The van der Waals surface area contributed by atoms with E-state index in [1.165, 1.54) is 12.2 Å². The van der Waals surface area contributed by atoms with Crippen LogP contribution in [0.5, 0.6) is 0 Å².